The van der Waals surface area contributed by atoms with E-state index in [9.17, 15) is 19.2 Å². The van der Waals surface area contributed by atoms with E-state index in [-0.39, 0.29) is 63.9 Å². The van der Waals surface area contributed by atoms with Gasteiger partial charge in [-0.25, -0.2) is 9.59 Å². The van der Waals surface area contributed by atoms with Gasteiger partial charge in [0.2, 0.25) is 0 Å². The molecule has 4 saturated carbocycles. The Kier molecular flexibility index (Phi) is 7.15. The minimum atomic E-state index is -0.451. The van der Waals surface area contributed by atoms with Crippen LogP contribution in [0.3, 0.4) is 0 Å². The van der Waals surface area contributed by atoms with Crippen LogP contribution in [0.5, 0.6) is 0 Å². The van der Waals surface area contributed by atoms with Gasteiger partial charge in [-0.2, -0.15) is 0 Å². The summed E-state index contributed by atoms with van der Waals surface area (Å²) in [5, 5.41) is 0. The maximum atomic E-state index is 13.5. The van der Waals surface area contributed by atoms with Crippen molar-refractivity contribution in [1.82, 2.24) is 0 Å². The molecule has 0 spiro atoms. The molecule has 0 aliphatic heterocycles. The summed E-state index contributed by atoms with van der Waals surface area (Å²) in [6.07, 6.45) is 3.69. The molecule has 0 heterocycles. The topological polar surface area (TPSA) is 86.7 Å². The second-order valence-electron chi connectivity index (χ2n) is 13.5. The molecule has 0 bridgehead atoms. The number of carbonyl (C=O) groups excluding carboxylic acids is 4. The highest BCUT2D eigenvalue weighted by Gasteiger charge is 2.67. The number of ether oxygens (including phenoxy) is 2. The molecule has 0 N–H and O–H groups in total. The summed E-state index contributed by atoms with van der Waals surface area (Å²) in [5.41, 5.74) is 0.371. The standard InChI is InChI=1S/C35H40O6/c1-21(36)26-14-15-27-30-28(40-32(38)22-10-6-4-7-11-22)19-24-18-25(37)16-17-34(24,2)31(30)29(20-35(26,27)3)41-33(39)23-12-8-5-9-13-23/h4-13,24,26-31H,14-20H2,1-3H3/t24?,26?,27?,28-,29+,30?,31?,34-,35+/m0/s1. The zero-order valence-electron chi connectivity index (χ0n) is 24.2. The molecular formula is C35H40O6. The van der Waals surface area contributed by atoms with Crippen molar-refractivity contribution in [1.29, 1.82) is 0 Å². The van der Waals surface area contributed by atoms with Crippen LogP contribution in [0.15, 0.2) is 60.7 Å². The number of carbonyl (C=O) groups is 4. The Balaban J connectivity index is 1.43. The van der Waals surface area contributed by atoms with Crippen LogP contribution in [-0.4, -0.2) is 35.7 Å². The van der Waals surface area contributed by atoms with Gasteiger partial charge < -0.3 is 9.47 Å². The first-order chi connectivity index (χ1) is 19.6. The van der Waals surface area contributed by atoms with E-state index < -0.39 is 12.2 Å². The van der Waals surface area contributed by atoms with Crippen LogP contribution in [0.1, 0.15) is 86.4 Å². The predicted octanol–water partition coefficient (Wildman–Crippen LogP) is 6.47. The smallest absolute Gasteiger partial charge is 0.338 e. The molecule has 9 atom stereocenters. The third kappa shape index (κ3) is 4.73. The largest absolute Gasteiger partial charge is 0.458 e. The summed E-state index contributed by atoms with van der Waals surface area (Å²) < 4.78 is 12.8. The minimum Gasteiger partial charge on any atom is -0.458 e. The van der Waals surface area contributed by atoms with E-state index in [1.54, 1.807) is 31.2 Å². The molecule has 6 heteroatoms. The van der Waals surface area contributed by atoms with E-state index >= 15 is 0 Å². The third-order valence-corrected chi connectivity index (χ3v) is 11.4. The van der Waals surface area contributed by atoms with Gasteiger partial charge in [-0.1, -0.05) is 50.2 Å². The second-order valence-corrected chi connectivity index (χ2v) is 13.5. The number of benzene rings is 2. The predicted molar refractivity (Wildman–Crippen MR) is 153 cm³/mol. The number of esters is 2. The van der Waals surface area contributed by atoms with Crippen molar-refractivity contribution in [3.63, 3.8) is 0 Å². The molecule has 41 heavy (non-hydrogen) atoms. The normalized spacial score (nSPS) is 37.7. The highest BCUT2D eigenvalue weighted by Crippen LogP contribution is 2.68. The van der Waals surface area contributed by atoms with Crippen LogP contribution in [0.4, 0.5) is 0 Å². The molecule has 2 aromatic rings. The van der Waals surface area contributed by atoms with Crippen molar-refractivity contribution in [3.8, 4) is 0 Å². The van der Waals surface area contributed by atoms with Gasteiger partial charge in [0.15, 0.2) is 0 Å². The lowest BCUT2D eigenvalue weighted by Gasteiger charge is -2.63. The van der Waals surface area contributed by atoms with Crippen LogP contribution in [-0.2, 0) is 19.1 Å². The highest BCUT2D eigenvalue weighted by molar-refractivity contribution is 5.90. The molecule has 0 radical (unpaired) electrons. The van der Waals surface area contributed by atoms with Crippen molar-refractivity contribution in [2.45, 2.75) is 77.9 Å². The first-order valence-electron chi connectivity index (χ1n) is 15.2. The molecule has 4 aliphatic rings. The molecule has 0 amide bonds. The Hall–Kier alpha value is -3.28. The van der Waals surface area contributed by atoms with Gasteiger partial charge in [0.05, 0.1) is 11.1 Å². The maximum absolute atomic E-state index is 13.5. The SMILES string of the molecule is CC(=O)C1CCC2C3C([C@H](OC(=O)c4ccccc4)C[C@]12C)[C@@]1(C)CCC(=O)CC1C[C@@H]3OC(=O)c1ccccc1. The lowest BCUT2D eigenvalue weighted by atomic mass is 9.43. The van der Waals surface area contributed by atoms with E-state index in [4.69, 9.17) is 9.47 Å². The number of ketones is 2. The Morgan fingerprint density at radius 2 is 1.39 bits per heavy atom. The highest BCUT2D eigenvalue weighted by atomic mass is 16.6. The van der Waals surface area contributed by atoms with Gasteiger partial charge in [0.1, 0.15) is 23.8 Å². The summed E-state index contributed by atoms with van der Waals surface area (Å²) in [7, 11) is 0. The van der Waals surface area contributed by atoms with Gasteiger partial charge in [-0.05, 0) is 86.0 Å². The van der Waals surface area contributed by atoms with Crippen LogP contribution in [0.2, 0.25) is 0 Å². The first kappa shape index (κ1) is 27.9. The fourth-order valence-electron chi connectivity index (χ4n) is 9.52. The first-order valence-corrected chi connectivity index (χ1v) is 15.2. The maximum Gasteiger partial charge on any atom is 0.338 e. The number of hydrogen-bond acceptors (Lipinski definition) is 6. The quantitative estimate of drug-likeness (QED) is 0.392. The lowest BCUT2D eigenvalue weighted by Crippen LogP contribution is -2.64. The average Bonchev–Trinajstić information content (AvgIpc) is 3.31. The molecule has 2 aromatic carbocycles. The molecule has 0 aromatic heterocycles. The van der Waals surface area contributed by atoms with Crippen LogP contribution in [0.25, 0.3) is 0 Å². The molecule has 4 aliphatic carbocycles. The molecule has 4 fully saturated rings. The zero-order valence-corrected chi connectivity index (χ0v) is 24.2. The summed E-state index contributed by atoms with van der Waals surface area (Å²) in [6, 6.07) is 18.1. The second kappa shape index (κ2) is 10.5. The van der Waals surface area contributed by atoms with Crippen molar-refractivity contribution in [2.24, 2.45) is 40.4 Å². The van der Waals surface area contributed by atoms with Gasteiger partial charge >= 0.3 is 11.9 Å². The average molecular weight is 557 g/mol. The van der Waals surface area contributed by atoms with E-state index in [1.165, 1.54) is 0 Å². The number of Topliss-reactive ketones (excluding diaryl/α,β-unsaturated/α-hetero) is 2. The minimum absolute atomic E-state index is 0.0332. The molecule has 5 unspecified atom stereocenters. The Bertz CT molecular complexity index is 1340. The fraction of sp³-hybridized carbons (Fsp3) is 0.543. The summed E-state index contributed by atoms with van der Waals surface area (Å²) >= 11 is 0. The van der Waals surface area contributed by atoms with Gasteiger partial charge in [-0.3, -0.25) is 9.59 Å². The van der Waals surface area contributed by atoms with Crippen molar-refractivity contribution in [2.75, 3.05) is 0 Å². The van der Waals surface area contributed by atoms with Crippen molar-refractivity contribution >= 4 is 23.5 Å². The molecule has 6 nitrogen and oxygen atoms in total. The molecule has 0 saturated heterocycles. The van der Waals surface area contributed by atoms with E-state index in [2.05, 4.69) is 13.8 Å². The van der Waals surface area contributed by atoms with Crippen LogP contribution in [0, 0.1) is 40.4 Å². The van der Waals surface area contributed by atoms with Gasteiger partial charge in [0, 0.05) is 30.6 Å². The van der Waals surface area contributed by atoms with Gasteiger partial charge in [-0.15, -0.1) is 0 Å². The number of fused-ring (bicyclic) bond motifs is 5. The van der Waals surface area contributed by atoms with E-state index in [1.807, 2.05) is 36.4 Å². The Morgan fingerprint density at radius 3 is 1.98 bits per heavy atom. The van der Waals surface area contributed by atoms with Crippen molar-refractivity contribution < 1.29 is 28.7 Å². The molecule has 6 rings (SSSR count). The van der Waals surface area contributed by atoms with Crippen LogP contribution >= 0.6 is 0 Å². The number of hydrogen-bond donors (Lipinski definition) is 0. The molecule has 216 valence electrons. The fourth-order valence-corrected chi connectivity index (χ4v) is 9.52. The Morgan fingerprint density at radius 1 is 0.805 bits per heavy atom. The van der Waals surface area contributed by atoms with Crippen molar-refractivity contribution in [3.05, 3.63) is 71.8 Å². The zero-order chi connectivity index (χ0) is 28.9. The molecular weight excluding hydrogens is 516 g/mol. The third-order valence-electron chi connectivity index (χ3n) is 11.4. The van der Waals surface area contributed by atoms with Gasteiger partial charge in [0.25, 0.3) is 0 Å². The van der Waals surface area contributed by atoms with E-state index in [0.717, 1.165) is 19.3 Å². The van der Waals surface area contributed by atoms with E-state index in [0.29, 0.717) is 36.8 Å². The van der Waals surface area contributed by atoms with Crippen LogP contribution < -0.4 is 0 Å². The summed E-state index contributed by atoms with van der Waals surface area (Å²) in [5.74, 6) is -0.431. The Labute approximate surface area is 242 Å². The monoisotopic (exact) mass is 556 g/mol. The lowest BCUT2D eigenvalue weighted by molar-refractivity contribution is -0.205. The summed E-state index contributed by atoms with van der Waals surface area (Å²) in [6.45, 7) is 6.12. The number of rotatable bonds is 5. The summed E-state index contributed by atoms with van der Waals surface area (Å²) in [4.78, 5) is 52.7.